The van der Waals surface area contributed by atoms with E-state index in [0.29, 0.717) is 0 Å². The van der Waals surface area contributed by atoms with Crippen LogP contribution in [0.4, 0.5) is 0 Å². The third-order valence-corrected chi connectivity index (χ3v) is 4.01. The van der Waals surface area contributed by atoms with E-state index in [2.05, 4.69) is 15.2 Å². The van der Waals surface area contributed by atoms with Crippen LogP contribution in [-0.2, 0) is 16.1 Å². The predicted molar refractivity (Wildman–Crippen MR) is 72.0 cm³/mol. The van der Waals surface area contributed by atoms with Crippen LogP contribution in [0, 0.1) is 0 Å². The zero-order valence-corrected chi connectivity index (χ0v) is 11.6. The Labute approximate surface area is 118 Å². The molecule has 3 rings (SSSR count). The molecule has 0 aromatic carbocycles. The average molecular weight is 279 g/mol. The molecule has 2 aliphatic heterocycles. The van der Waals surface area contributed by atoms with Crippen molar-refractivity contribution in [3.05, 3.63) is 12.4 Å². The third kappa shape index (κ3) is 3.16. The largest absolute Gasteiger partial charge is 0.368 e. The molecule has 1 aromatic rings. The van der Waals surface area contributed by atoms with E-state index in [0.717, 1.165) is 58.7 Å². The first-order chi connectivity index (χ1) is 9.83. The van der Waals surface area contributed by atoms with Gasteiger partial charge in [-0.25, -0.2) is 0 Å². The van der Waals surface area contributed by atoms with Crippen LogP contribution in [0.1, 0.15) is 12.8 Å². The number of amides is 1. The first-order valence-electron chi connectivity index (χ1n) is 7.30. The fourth-order valence-corrected chi connectivity index (χ4v) is 2.76. The summed E-state index contributed by atoms with van der Waals surface area (Å²) < 4.78 is 7.31. The highest BCUT2D eigenvalue weighted by atomic mass is 16.5. The minimum atomic E-state index is -0.184. The van der Waals surface area contributed by atoms with Gasteiger partial charge in [0.25, 0.3) is 5.91 Å². The molecule has 20 heavy (non-hydrogen) atoms. The Morgan fingerprint density at radius 1 is 1.25 bits per heavy atom. The molecule has 0 saturated carbocycles. The fraction of sp³-hybridized carbons (Fsp3) is 0.769. The average Bonchev–Trinajstić information content (AvgIpc) is 3.18. The Balaban J connectivity index is 1.41. The molecule has 3 heterocycles. The number of rotatable bonds is 4. The summed E-state index contributed by atoms with van der Waals surface area (Å²) in [5, 5.41) is 7.75. The molecule has 0 bridgehead atoms. The highest BCUT2D eigenvalue weighted by Gasteiger charge is 2.30. The number of carbonyl (C=O) groups excluding carboxylic acids is 1. The van der Waals surface area contributed by atoms with Crippen LogP contribution >= 0.6 is 0 Å². The number of piperazine rings is 1. The van der Waals surface area contributed by atoms with Crippen LogP contribution < -0.4 is 0 Å². The summed E-state index contributed by atoms with van der Waals surface area (Å²) in [7, 11) is 0. The second-order valence-corrected chi connectivity index (χ2v) is 5.33. The van der Waals surface area contributed by atoms with Crippen LogP contribution in [0.15, 0.2) is 12.4 Å². The number of aromatic nitrogens is 3. The van der Waals surface area contributed by atoms with Gasteiger partial charge in [-0.2, -0.15) is 0 Å². The van der Waals surface area contributed by atoms with Gasteiger partial charge in [-0.05, 0) is 12.8 Å². The van der Waals surface area contributed by atoms with Gasteiger partial charge >= 0.3 is 0 Å². The summed E-state index contributed by atoms with van der Waals surface area (Å²) in [5.74, 6) is 0.179. The summed E-state index contributed by atoms with van der Waals surface area (Å²) in [6.07, 6.45) is 5.27. The van der Waals surface area contributed by atoms with Gasteiger partial charge in [0.15, 0.2) is 0 Å². The van der Waals surface area contributed by atoms with E-state index in [4.69, 9.17) is 4.74 Å². The lowest BCUT2D eigenvalue weighted by Crippen LogP contribution is -2.51. The van der Waals surface area contributed by atoms with Crippen LogP contribution in [-0.4, -0.2) is 76.1 Å². The normalized spacial score (nSPS) is 24.2. The van der Waals surface area contributed by atoms with Crippen LogP contribution in [0.25, 0.3) is 0 Å². The smallest absolute Gasteiger partial charge is 0.251 e. The van der Waals surface area contributed by atoms with Gasteiger partial charge in [0.1, 0.15) is 6.10 Å². The number of ether oxygens (including phenoxy) is 1. The monoisotopic (exact) mass is 279 g/mol. The van der Waals surface area contributed by atoms with Crippen molar-refractivity contribution in [1.82, 2.24) is 24.8 Å². The molecule has 7 nitrogen and oxygen atoms in total. The molecule has 0 radical (unpaired) electrons. The highest BCUT2D eigenvalue weighted by Crippen LogP contribution is 2.15. The van der Waals surface area contributed by atoms with Gasteiger partial charge in [0, 0.05) is 45.5 Å². The molecule has 2 saturated heterocycles. The Morgan fingerprint density at radius 3 is 2.75 bits per heavy atom. The second kappa shape index (κ2) is 6.32. The fourth-order valence-electron chi connectivity index (χ4n) is 2.76. The Kier molecular flexibility index (Phi) is 4.27. The first kappa shape index (κ1) is 13.5. The highest BCUT2D eigenvalue weighted by molar-refractivity contribution is 5.81. The van der Waals surface area contributed by atoms with E-state index in [1.165, 1.54) is 0 Å². The zero-order chi connectivity index (χ0) is 13.8. The Bertz CT molecular complexity index is 422. The van der Waals surface area contributed by atoms with Crippen molar-refractivity contribution in [2.24, 2.45) is 0 Å². The number of nitrogens with zero attached hydrogens (tertiary/aromatic N) is 5. The minimum Gasteiger partial charge on any atom is -0.368 e. The molecule has 0 spiro atoms. The lowest BCUT2D eigenvalue weighted by molar-refractivity contribution is -0.142. The van der Waals surface area contributed by atoms with Gasteiger partial charge in [-0.3, -0.25) is 14.4 Å². The summed E-state index contributed by atoms with van der Waals surface area (Å²) in [6.45, 7) is 5.98. The molecule has 1 unspecified atom stereocenters. The molecule has 7 heteroatoms. The maximum atomic E-state index is 12.2. The van der Waals surface area contributed by atoms with E-state index >= 15 is 0 Å². The topological polar surface area (TPSA) is 63.5 Å². The number of hydrogen-bond donors (Lipinski definition) is 0. The van der Waals surface area contributed by atoms with Crippen molar-refractivity contribution in [3.8, 4) is 0 Å². The van der Waals surface area contributed by atoms with Gasteiger partial charge in [-0.15, -0.1) is 5.10 Å². The molecule has 0 N–H and O–H groups in total. The zero-order valence-electron chi connectivity index (χ0n) is 11.6. The van der Waals surface area contributed by atoms with Crippen LogP contribution in [0.2, 0.25) is 0 Å². The van der Waals surface area contributed by atoms with Crippen molar-refractivity contribution in [2.45, 2.75) is 25.5 Å². The van der Waals surface area contributed by atoms with Gasteiger partial charge in [0.05, 0.1) is 12.7 Å². The molecule has 1 atom stereocenters. The SMILES string of the molecule is O=C(C1CCCO1)N1CCN(CCn2ccnn2)CC1. The molecular formula is C13H21N5O2. The maximum absolute atomic E-state index is 12.2. The maximum Gasteiger partial charge on any atom is 0.251 e. The van der Waals surface area contributed by atoms with Crippen molar-refractivity contribution in [1.29, 1.82) is 0 Å². The summed E-state index contributed by atoms with van der Waals surface area (Å²) in [4.78, 5) is 16.5. The second-order valence-electron chi connectivity index (χ2n) is 5.33. The van der Waals surface area contributed by atoms with Gasteiger partial charge < -0.3 is 9.64 Å². The molecule has 2 aliphatic rings. The van der Waals surface area contributed by atoms with E-state index < -0.39 is 0 Å². The van der Waals surface area contributed by atoms with E-state index in [-0.39, 0.29) is 12.0 Å². The lowest BCUT2D eigenvalue weighted by Gasteiger charge is -2.35. The predicted octanol–water partition coefficient (Wildman–Crippen LogP) is -0.399. The van der Waals surface area contributed by atoms with Crippen LogP contribution in [0.3, 0.4) is 0 Å². The third-order valence-electron chi connectivity index (χ3n) is 4.01. The van der Waals surface area contributed by atoms with Gasteiger partial charge in [0.2, 0.25) is 0 Å². The van der Waals surface area contributed by atoms with Crippen molar-refractivity contribution >= 4 is 5.91 Å². The number of hydrogen-bond acceptors (Lipinski definition) is 5. The van der Waals surface area contributed by atoms with Gasteiger partial charge in [-0.1, -0.05) is 5.21 Å². The first-order valence-corrected chi connectivity index (χ1v) is 7.30. The minimum absolute atomic E-state index is 0.179. The molecule has 0 aliphatic carbocycles. The van der Waals surface area contributed by atoms with E-state index in [9.17, 15) is 4.79 Å². The molecular weight excluding hydrogens is 258 g/mol. The standard InChI is InChI=1S/C13H21N5O2/c19-13(12-2-1-11-20-12)17-8-5-16(6-9-17)7-10-18-4-3-14-15-18/h3-4,12H,1-2,5-11H2. The van der Waals surface area contributed by atoms with E-state index in [1.807, 2.05) is 15.8 Å². The van der Waals surface area contributed by atoms with Crippen molar-refractivity contribution in [2.75, 3.05) is 39.3 Å². The summed E-state index contributed by atoms with van der Waals surface area (Å²) in [6, 6.07) is 0. The Morgan fingerprint density at radius 2 is 2.10 bits per heavy atom. The number of carbonyl (C=O) groups is 1. The molecule has 110 valence electrons. The molecule has 1 amide bonds. The van der Waals surface area contributed by atoms with Crippen molar-refractivity contribution < 1.29 is 9.53 Å². The Hall–Kier alpha value is -1.47. The molecule has 1 aromatic heterocycles. The summed E-state index contributed by atoms with van der Waals surface area (Å²) in [5.41, 5.74) is 0. The van der Waals surface area contributed by atoms with E-state index in [1.54, 1.807) is 6.20 Å². The van der Waals surface area contributed by atoms with Crippen LogP contribution in [0.5, 0.6) is 0 Å². The van der Waals surface area contributed by atoms with Crippen molar-refractivity contribution in [3.63, 3.8) is 0 Å². The molecule has 2 fully saturated rings. The quantitative estimate of drug-likeness (QED) is 0.750. The summed E-state index contributed by atoms with van der Waals surface area (Å²) >= 11 is 0. The lowest BCUT2D eigenvalue weighted by atomic mass is 10.2.